The molecule has 0 spiro atoms. The van der Waals surface area contributed by atoms with E-state index >= 15 is 0 Å². The molecule has 0 unspecified atom stereocenters. The number of ether oxygens (including phenoxy) is 1. The lowest BCUT2D eigenvalue weighted by molar-refractivity contribution is 0.181. The quantitative estimate of drug-likeness (QED) is 0.808. The van der Waals surface area contributed by atoms with Crippen LogP contribution < -0.4 is 4.74 Å². The fourth-order valence-corrected chi connectivity index (χ4v) is 5.01. The molecule has 1 aliphatic heterocycles. The highest BCUT2D eigenvalue weighted by atomic mass is 32.2. The molecule has 26 heavy (non-hydrogen) atoms. The van der Waals surface area contributed by atoms with Crippen LogP contribution in [0.25, 0.3) is 0 Å². The van der Waals surface area contributed by atoms with Gasteiger partial charge >= 0.3 is 0 Å². The topological polar surface area (TPSA) is 49.9 Å². The van der Waals surface area contributed by atoms with Gasteiger partial charge in [-0.05, 0) is 43.2 Å². The summed E-state index contributed by atoms with van der Waals surface area (Å²) in [6.45, 7) is 7.11. The summed E-state index contributed by atoms with van der Waals surface area (Å²) in [6.07, 6.45) is 0. The molecule has 0 saturated carbocycles. The van der Waals surface area contributed by atoms with Gasteiger partial charge in [0.1, 0.15) is 5.75 Å². The Morgan fingerprint density at radius 1 is 1.00 bits per heavy atom. The Labute approximate surface area is 156 Å². The molecular weight excluding hydrogens is 348 g/mol. The average molecular weight is 375 g/mol. The average Bonchev–Trinajstić information content (AvgIpc) is 2.62. The second-order valence-electron chi connectivity index (χ2n) is 6.80. The molecular formula is C20H26N2O3S. The van der Waals surface area contributed by atoms with Crippen LogP contribution in [0.3, 0.4) is 0 Å². The highest BCUT2D eigenvalue weighted by Gasteiger charge is 2.29. The monoisotopic (exact) mass is 374 g/mol. The van der Waals surface area contributed by atoms with Crippen LogP contribution >= 0.6 is 0 Å². The lowest BCUT2D eigenvalue weighted by Crippen LogP contribution is -2.48. The molecule has 1 saturated heterocycles. The van der Waals surface area contributed by atoms with Crippen molar-refractivity contribution in [3.8, 4) is 5.75 Å². The van der Waals surface area contributed by atoms with Gasteiger partial charge in [-0.1, -0.05) is 29.8 Å². The molecule has 1 aliphatic rings. The van der Waals surface area contributed by atoms with Crippen molar-refractivity contribution in [2.75, 3.05) is 33.3 Å². The van der Waals surface area contributed by atoms with Gasteiger partial charge in [-0.25, -0.2) is 8.42 Å². The van der Waals surface area contributed by atoms with Crippen molar-refractivity contribution in [1.29, 1.82) is 0 Å². The van der Waals surface area contributed by atoms with Gasteiger partial charge in [0.25, 0.3) is 0 Å². The maximum Gasteiger partial charge on any atom is 0.243 e. The van der Waals surface area contributed by atoms with E-state index in [1.165, 1.54) is 5.56 Å². The van der Waals surface area contributed by atoms with Crippen molar-refractivity contribution in [2.24, 2.45) is 0 Å². The molecule has 0 atom stereocenters. The van der Waals surface area contributed by atoms with Gasteiger partial charge in [0, 0.05) is 32.7 Å². The first-order valence-corrected chi connectivity index (χ1v) is 10.3. The van der Waals surface area contributed by atoms with E-state index in [0.29, 0.717) is 18.0 Å². The number of hydrogen-bond acceptors (Lipinski definition) is 4. The predicted octanol–water partition coefficient (Wildman–Crippen LogP) is 2.82. The van der Waals surface area contributed by atoms with Crippen LogP contribution in [0.2, 0.25) is 0 Å². The first-order chi connectivity index (χ1) is 12.4. The van der Waals surface area contributed by atoms with Crippen molar-refractivity contribution < 1.29 is 13.2 Å². The predicted molar refractivity (Wildman–Crippen MR) is 103 cm³/mol. The maximum absolute atomic E-state index is 13.0. The van der Waals surface area contributed by atoms with Gasteiger partial charge in [0.2, 0.25) is 10.0 Å². The van der Waals surface area contributed by atoms with Crippen LogP contribution in [-0.2, 0) is 16.6 Å². The third kappa shape index (κ3) is 4.09. The summed E-state index contributed by atoms with van der Waals surface area (Å²) in [6, 6.07) is 13.5. The smallest absolute Gasteiger partial charge is 0.243 e. The molecule has 0 aromatic heterocycles. The van der Waals surface area contributed by atoms with E-state index in [9.17, 15) is 8.42 Å². The van der Waals surface area contributed by atoms with E-state index in [-0.39, 0.29) is 0 Å². The Morgan fingerprint density at radius 3 is 2.38 bits per heavy atom. The standard InChI is InChI=1S/C20H26N2O3S/c1-16-7-8-20(17(2)13-16)26(23,24)22-11-9-21(10-12-22)15-18-5-4-6-19(14-18)25-3/h4-8,13-14H,9-12,15H2,1-3H3. The Bertz CT molecular complexity index is 872. The molecule has 6 heteroatoms. The Morgan fingerprint density at radius 2 is 1.73 bits per heavy atom. The number of aryl methyl sites for hydroxylation is 2. The minimum atomic E-state index is -3.43. The van der Waals surface area contributed by atoms with Crippen LogP contribution in [0.5, 0.6) is 5.75 Å². The van der Waals surface area contributed by atoms with E-state index < -0.39 is 10.0 Å². The van der Waals surface area contributed by atoms with Gasteiger partial charge in [0.05, 0.1) is 12.0 Å². The summed E-state index contributed by atoms with van der Waals surface area (Å²) in [7, 11) is -1.77. The van der Waals surface area contributed by atoms with Crippen LogP contribution in [-0.4, -0.2) is 50.9 Å². The Hall–Kier alpha value is -1.89. The zero-order valence-electron chi connectivity index (χ0n) is 15.6. The number of methoxy groups -OCH3 is 1. The van der Waals surface area contributed by atoms with E-state index in [2.05, 4.69) is 11.0 Å². The third-order valence-corrected chi connectivity index (χ3v) is 6.88. The lowest BCUT2D eigenvalue weighted by atomic mass is 10.2. The van der Waals surface area contributed by atoms with Gasteiger partial charge in [-0.2, -0.15) is 4.31 Å². The normalized spacial score (nSPS) is 16.6. The largest absolute Gasteiger partial charge is 0.497 e. The SMILES string of the molecule is COc1cccc(CN2CCN(S(=O)(=O)c3ccc(C)cc3C)CC2)c1. The summed E-state index contributed by atoms with van der Waals surface area (Å²) >= 11 is 0. The van der Waals surface area contributed by atoms with Gasteiger partial charge in [0.15, 0.2) is 0 Å². The molecule has 2 aromatic rings. The number of hydrogen-bond donors (Lipinski definition) is 0. The second kappa shape index (κ2) is 7.78. The van der Waals surface area contributed by atoms with E-state index in [1.54, 1.807) is 17.5 Å². The van der Waals surface area contributed by atoms with Gasteiger partial charge < -0.3 is 4.74 Å². The fourth-order valence-electron chi connectivity index (χ4n) is 3.38. The van der Waals surface area contributed by atoms with Crippen LogP contribution in [0.1, 0.15) is 16.7 Å². The minimum Gasteiger partial charge on any atom is -0.497 e. The van der Waals surface area contributed by atoms with Gasteiger partial charge in [-0.15, -0.1) is 0 Å². The first kappa shape index (κ1) is 18.9. The molecule has 1 heterocycles. The summed E-state index contributed by atoms with van der Waals surface area (Å²) in [5.41, 5.74) is 3.06. The van der Waals surface area contributed by atoms with Crippen molar-refractivity contribution in [3.63, 3.8) is 0 Å². The zero-order valence-corrected chi connectivity index (χ0v) is 16.4. The first-order valence-electron chi connectivity index (χ1n) is 8.83. The van der Waals surface area contributed by atoms with Crippen molar-refractivity contribution in [1.82, 2.24) is 9.21 Å². The number of rotatable bonds is 5. The fraction of sp³-hybridized carbons (Fsp3) is 0.400. The van der Waals surface area contributed by atoms with Crippen molar-refractivity contribution in [3.05, 3.63) is 59.2 Å². The molecule has 0 bridgehead atoms. The number of nitrogens with zero attached hydrogens (tertiary/aromatic N) is 2. The minimum absolute atomic E-state index is 0.421. The van der Waals surface area contributed by atoms with Crippen molar-refractivity contribution >= 4 is 10.0 Å². The Kier molecular flexibility index (Phi) is 5.65. The number of sulfonamides is 1. The zero-order chi connectivity index (χ0) is 18.7. The van der Waals surface area contributed by atoms with E-state index in [4.69, 9.17) is 4.74 Å². The highest BCUT2D eigenvalue weighted by molar-refractivity contribution is 7.89. The van der Waals surface area contributed by atoms with Crippen LogP contribution in [0, 0.1) is 13.8 Å². The van der Waals surface area contributed by atoms with E-state index in [1.807, 2.05) is 44.2 Å². The van der Waals surface area contributed by atoms with Crippen molar-refractivity contribution in [2.45, 2.75) is 25.3 Å². The van der Waals surface area contributed by atoms with Crippen LogP contribution in [0.4, 0.5) is 0 Å². The molecule has 3 rings (SSSR count). The molecule has 140 valence electrons. The lowest BCUT2D eigenvalue weighted by Gasteiger charge is -2.34. The third-order valence-electron chi connectivity index (χ3n) is 4.82. The second-order valence-corrected chi connectivity index (χ2v) is 8.71. The molecule has 0 aliphatic carbocycles. The molecule has 1 fully saturated rings. The van der Waals surface area contributed by atoms with Crippen LogP contribution in [0.15, 0.2) is 47.4 Å². The molecule has 0 radical (unpaired) electrons. The summed E-state index contributed by atoms with van der Waals surface area (Å²) in [5, 5.41) is 0. The highest BCUT2D eigenvalue weighted by Crippen LogP contribution is 2.23. The molecule has 5 nitrogen and oxygen atoms in total. The molecule has 2 aromatic carbocycles. The molecule has 0 N–H and O–H groups in total. The van der Waals surface area contributed by atoms with Gasteiger partial charge in [-0.3, -0.25) is 4.90 Å². The molecule has 0 amide bonds. The Balaban J connectivity index is 1.65. The summed E-state index contributed by atoms with van der Waals surface area (Å²) in [5.74, 6) is 0.846. The number of benzene rings is 2. The maximum atomic E-state index is 13.0. The number of piperazine rings is 1. The summed E-state index contributed by atoms with van der Waals surface area (Å²) < 4.78 is 32.8. The van der Waals surface area contributed by atoms with E-state index in [0.717, 1.165) is 36.5 Å². The summed E-state index contributed by atoms with van der Waals surface area (Å²) in [4.78, 5) is 2.70.